The van der Waals surface area contributed by atoms with E-state index >= 15 is 0 Å². The summed E-state index contributed by atoms with van der Waals surface area (Å²) in [6.07, 6.45) is 7.11. The molecule has 1 aromatic heterocycles. The lowest BCUT2D eigenvalue weighted by Crippen LogP contribution is -2.03. The third-order valence-electron chi connectivity index (χ3n) is 2.90. The van der Waals surface area contributed by atoms with E-state index in [1.165, 1.54) is 30.2 Å². The molecule has 0 fully saturated rings. The van der Waals surface area contributed by atoms with Crippen LogP contribution in [-0.2, 0) is 21.9 Å². The van der Waals surface area contributed by atoms with E-state index in [-0.39, 0.29) is 5.75 Å². The van der Waals surface area contributed by atoms with E-state index in [1.54, 1.807) is 6.33 Å². The second kappa shape index (κ2) is 6.21. The molecule has 0 aliphatic heterocycles. The van der Waals surface area contributed by atoms with Crippen molar-refractivity contribution in [3.63, 3.8) is 0 Å². The van der Waals surface area contributed by atoms with E-state index in [2.05, 4.69) is 9.97 Å². The molecule has 2 rings (SSSR count). The van der Waals surface area contributed by atoms with Crippen molar-refractivity contribution in [2.45, 2.75) is 37.1 Å². The molecule has 0 aromatic carbocycles. The molecule has 18 heavy (non-hydrogen) atoms. The number of rotatable bonds is 4. The number of aryl methyl sites for hydroxylation is 1. The monoisotopic (exact) mass is 306 g/mol. The van der Waals surface area contributed by atoms with Crippen LogP contribution in [0.4, 0.5) is 0 Å². The lowest BCUT2D eigenvalue weighted by Gasteiger charge is -2.09. The molecule has 100 valence electrons. The standard InChI is InChI=1S/C11H15ClN2O2S2/c12-18(15,16)7-6-17-11-9-4-2-1-3-5-10(9)13-8-14-11/h8H,1-7H2. The first-order valence-electron chi connectivity index (χ1n) is 5.94. The van der Waals surface area contributed by atoms with Crippen LogP contribution in [0.2, 0.25) is 0 Å². The van der Waals surface area contributed by atoms with Gasteiger partial charge in [-0.15, -0.1) is 11.8 Å². The molecule has 1 heterocycles. The smallest absolute Gasteiger partial charge is 0.233 e. The fourth-order valence-corrected chi connectivity index (χ4v) is 4.44. The summed E-state index contributed by atoms with van der Waals surface area (Å²) in [6, 6.07) is 0. The van der Waals surface area contributed by atoms with Crippen LogP contribution in [0.25, 0.3) is 0 Å². The maximum Gasteiger partial charge on any atom is 0.233 e. The number of hydrogen-bond donors (Lipinski definition) is 0. The largest absolute Gasteiger partial charge is 0.241 e. The number of fused-ring (bicyclic) bond motifs is 1. The zero-order valence-corrected chi connectivity index (χ0v) is 12.3. The summed E-state index contributed by atoms with van der Waals surface area (Å²) < 4.78 is 21.8. The molecule has 1 aliphatic carbocycles. The van der Waals surface area contributed by atoms with Gasteiger partial charge in [-0.1, -0.05) is 6.42 Å². The van der Waals surface area contributed by atoms with Gasteiger partial charge in [-0.3, -0.25) is 0 Å². The lowest BCUT2D eigenvalue weighted by molar-refractivity contribution is 0.611. The van der Waals surface area contributed by atoms with Gasteiger partial charge < -0.3 is 0 Å². The molecule has 0 N–H and O–H groups in total. The van der Waals surface area contributed by atoms with Gasteiger partial charge in [0.1, 0.15) is 11.4 Å². The van der Waals surface area contributed by atoms with Gasteiger partial charge in [0, 0.05) is 27.7 Å². The van der Waals surface area contributed by atoms with Gasteiger partial charge in [-0.05, 0) is 25.7 Å². The van der Waals surface area contributed by atoms with E-state index < -0.39 is 9.05 Å². The highest BCUT2D eigenvalue weighted by molar-refractivity contribution is 8.14. The number of thioether (sulfide) groups is 1. The Balaban J connectivity index is 2.08. The molecule has 0 saturated heterocycles. The van der Waals surface area contributed by atoms with Gasteiger partial charge in [0.2, 0.25) is 9.05 Å². The molecule has 0 saturated carbocycles. The normalized spacial score (nSPS) is 16.1. The van der Waals surface area contributed by atoms with Crippen molar-refractivity contribution < 1.29 is 8.42 Å². The van der Waals surface area contributed by atoms with Crippen molar-refractivity contribution in [1.29, 1.82) is 0 Å². The van der Waals surface area contributed by atoms with Crippen LogP contribution in [0.3, 0.4) is 0 Å². The van der Waals surface area contributed by atoms with E-state index in [0.29, 0.717) is 5.75 Å². The average Bonchev–Trinajstić information content (AvgIpc) is 2.53. The molecule has 7 heteroatoms. The van der Waals surface area contributed by atoms with E-state index in [4.69, 9.17) is 10.7 Å². The third-order valence-corrected chi connectivity index (χ3v) is 5.35. The molecule has 1 aliphatic rings. The first-order valence-corrected chi connectivity index (χ1v) is 9.40. The number of aromatic nitrogens is 2. The molecule has 0 radical (unpaired) electrons. The van der Waals surface area contributed by atoms with Crippen molar-refractivity contribution >= 4 is 31.5 Å². The Morgan fingerprint density at radius 1 is 1.22 bits per heavy atom. The Morgan fingerprint density at radius 2 is 2.00 bits per heavy atom. The molecule has 0 amide bonds. The SMILES string of the molecule is O=S(=O)(Cl)CCSc1ncnc2c1CCCCC2. The lowest BCUT2D eigenvalue weighted by atomic mass is 10.1. The molecule has 0 unspecified atom stereocenters. The average molecular weight is 307 g/mol. The summed E-state index contributed by atoms with van der Waals surface area (Å²) in [5, 5.41) is 0.919. The van der Waals surface area contributed by atoms with Gasteiger partial charge in [0.05, 0.1) is 5.75 Å². The van der Waals surface area contributed by atoms with Crippen LogP contribution < -0.4 is 0 Å². The first kappa shape index (κ1) is 14.1. The van der Waals surface area contributed by atoms with Crippen LogP contribution in [-0.4, -0.2) is 29.9 Å². The summed E-state index contributed by atoms with van der Waals surface area (Å²) >= 11 is 1.46. The van der Waals surface area contributed by atoms with Crippen molar-refractivity contribution in [3.05, 3.63) is 17.6 Å². The van der Waals surface area contributed by atoms with Gasteiger partial charge in [-0.2, -0.15) is 0 Å². The Labute approximate surface area is 116 Å². The summed E-state index contributed by atoms with van der Waals surface area (Å²) in [5.74, 6) is 0.410. The van der Waals surface area contributed by atoms with Gasteiger partial charge in [-0.25, -0.2) is 18.4 Å². The molecule has 0 spiro atoms. The molecule has 4 nitrogen and oxygen atoms in total. The Bertz CT molecular complexity index is 520. The molecule has 1 aromatic rings. The van der Waals surface area contributed by atoms with Crippen molar-refractivity contribution in [2.75, 3.05) is 11.5 Å². The highest BCUT2D eigenvalue weighted by Gasteiger charge is 2.15. The maximum absolute atomic E-state index is 10.9. The topological polar surface area (TPSA) is 59.9 Å². The molecular weight excluding hydrogens is 292 g/mol. The summed E-state index contributed by atoms with van der Waals surface area (Å²) in [7, 11) is 1.78. The highest BCUT2D eigenvalue weighted by Crippen LogP contribution is 2.27. The van der Waals surface area contributed by atoms with Crippen LogP contribution in [0, 0.1) is 0 Å². The Kier molecular flexibility index (Phi) is 4.86. The predicted octanol–water partition coefficient (Wildman–Crippen LogP) is 2.41. The van der Waals surface area contributed by atoms with Crippen LogP contribution in [0.15, 0.2) is 11.4 Å². The Morgan fingerprint density at radius 3 is 2.78 bits per heavy atom. The van der Waals surface area contributed by atoms with Crippen LogP contribution in [0.5, 0.6) is 0 Å². The first-order chi connectivity index (χ1) is 8.56. The summed E-state index contributed by atoms with van der Waals surface area (Å²) in [6.45, 7) is 0. The van der Waals surface area contributed by atoms with Gasteiger partial charge >= 0.3 is 0 Å². The minimum Gasteiger partial charge on any atom is -0.241 e. The third kappa shape index (κ3) is 4.10. The number of hydrogen-bond acceptors (Lipinski definition) is 5. The minimum atomic E-state index is -3.41. The van der Waals surface area contributed by atoms with E-state index in [1.807, 2.05) is 0 Å². The quantitative estimate of drug-likeness (QED) is 0.370. The van der Waals surface area contributed by atoms with Crippen molar-refractivity contribution in [1.82, 2.24) is 9.97 Å². The second-order valence-corrected chi connectivity index (χ2v) is 8.24. The second-order valence-electron chi connectivity index (χ2n) is 4.26. The zero-order chi connectivity index (χ0) is 13.0. The minimum absolute atomic E-state index is 0.0298. The van der Waals surface area contributed by atoms with Crippen LogP contribution >= 0.6 is 22.4 Å². The summed E-state index contributed by atoms with van der Waals surface area (Å²) in [4.78, 5) is 8.60. The fourth-order valence-electron chi connectivity index (χ4n) is 2.03. The molecular formula is C11H15ClN2O2S2. The van der Waals surface area contributed by atoms with Gasteiger partial charge in [0.25, 0.3) is 0 Å². The van der Waals surface area contributed by atoms with Crippen molar-refractivity contribution in [2.24, 2.45) is 0 Å². The Hall–Kier alpha value is -0.330. The van der Waals surface area contributed by atoms with E-state index in [9.17, 15) is 8.42 Å². The number of nitrogens with zero attached hydrogens (tertiary/aromatic N) is 2. The zero-order valence-electron chi connectivity index (χ0n) is 9.93. The van der Waals surface area contributed by atoms with Gasteiger partial charge in [0.15, 0.2) is 0 Å². The highest BCUT2D eigenvalue weighted by atomic mass is 35.7. The van der Waals surface area contributed by atoms with E-state index in [0.717, 1.165) is 30.0 Å². The predicted molar refractivity (Wildman–Crippen MR) is 73.7 cm³/mol. The summed E-state index contributed by atoms with van der Waals surface area (Å²) in [5.41, 5.74) is 2.32. The molecule has 0 bridgehead atoms. The maximum atomic E-state index is 10.9. The van der Waals surface area contributed by atoms with Crippen LogP contribution in [0.1, 0.15) is 30.5 Å². The van der Waals surface area contributed by atoms with Crippen molar-refractivity contribution in [3.8, 4) is 0 Å². The molecule has 0 atom stereocenters. The number of halogens is 1. The fraction of sp³-hybridized carbons (Fsp3) is 0.636.